The van der Waals surface area contributed by atoms with E-state index in [-0.39, 0.29) is 17.4 Å². The van der Waals surface area contributed by atoms with Crippen molar-refractivity contribution < 1.29 is 23.1 Å². The largest absolute Gasteiger partial charge is 0.478 e. The molecule has 1 heterocycles. The Balaban J connectivity index is 2.09. The second-order valence-electron chi connectivity index (χ2n) is 5.54. The van der Waals surface area contributed by atoms with Crippen molar-refractivity contribution in [2.75, 3.05) is 6.61 Å². The summed E-state index contributed by atoms with van der Waals surface area (Å²) >= 11 is 0. The Labute approximate surface area is 124 Å². The van der Waals surface area contributed by atoms with Gasteiger partial charge in [-0.25, -0.2) is 17.9 Å². The molecule has 7 heteroatoms. The average molecular weight is 313 g/mol. The molecule has 0 saturated carbocycles. The highest BCUT2D eigenvalue weighted by Crippen LogP contribution is 2.26. The van der Waals surface area contributed by atoms with E-state index in [0.29, 0.717) is 18.6 Å². The van der Waals surface area contributed by atoms with E-state index >= 15 is 0 Å². The normalized spacial score (nSPS) is 25.9. The van der Waals surface area contributed by atoms with Crippen LogP contribution in [0.4, 0.5) is 0 Å². The van der Waals surface area contributed by atoms with Gasteiger partial charge in [0, 0.05) is 6.61 Å². The molecule has 1 aromatic carbocycles. The number of nitrogens with one attached hydrogen (secondary N) is 1. The van der Waals surface area contributed by atoms with Gasteiger partial charge in [0.15, 0.2) is 0 Å². The lowest BCUT2D eigenvalue weighted by Gasteiger charge is -2.28. The summed E-state index contributed by atoms with van der Waals surface area (Å²) in [5, 5.41) is 8.82. The van der Waals surface area contributed by atoms with Gasteiger partial charge in [0.05, 0.1) is 23.0 Å². The zero-order valence-electron chi connectivity index (χ0n) is 12.0. The van der Waals surface area contributed by atoms with Crippen LogP contribution >= 0.6 is 0 Å². The predicted octanol–water partition coefficient (Wildman–Crippen LogP) is 1.37. The first-order valence-electron chi connectivity index (χ1n) is 6.67. The predicted molar refractivity (Wildman–Crippen MR) is 77.6 cm³/mol. The molecule has 1 fully saturated rings. The van der Waals surface area contributed by atoms with Crippen LogP contribution in [0, 0.1) is 0 Å². The maximum Gasteiger partial charge on any atom is 0.335 e. The molecule has 0 bridgehead atoms. The molecular formula is C14H19NO5S. The number of benzene rings is 1. The summed E-state index contributed by atoms with van der Waals surface area (Å²) in [5.74, 6) is -1.22. The number of hydrogen-bond acceptors (Lipinski definition) is 4. The van der Waals surface area contributed by atoms with Crippen molar-refractivity contribution in [3.63, 3.8) is 0 Å². The fraction of sp³-hybridized carbons (Fsp3) is 0.500. The zero-order chi connectivity index (χ0) is 15.7. The molecule has 116 valence electrons. The van der Waals surface area contributed by atoms with Gasteiger partial charge in [-0.1, -0.05) is 12.1 Å². The monoisotopic (exact) mass is 313 g/mol. The fourth-order valence-corrected chi connectivity index (χ4v) is 4.01. The molecule has 1 aliphatic heterocycles. The molecule has 0 amide bonds. The number of carbonyl (C=O) groups is 1. The van der Waals surface area contributed by atoms with Gasteiger partial charge < -0.3 is 9.84 Å². The Morgan fingerprint density at radius 2 is 2.05 bits per heavy atom. The van der Waals surface area contributed by atoms with Crippen LogP contribution < -0.4 is 4.72 Å². The lowest BCUT2D eigenvalue weighted by Crippen LogP contribution is -2.50. The quantitative estimate of drug-likeness (QED) is 0.856. The minimum atomic E-state index is -3.52. The standard InChI is InChI=1S/C14H19NO5S/c1-10-14(2,7-8-20-10)15-21(18,19)9-11-3-5-12(6-4-11)13(16)17/h3-6,10,15H,7-9H2,1-2H3,(H,16,17). The van der Waals surface area contributed by atoms with E-state index in [0.717, 1.165) is 0 Å². The van der Waals surface area contributed by atoms with Crippen LogP contribution in [0.25, 0.3) is 0 Å². The van der Waals surface area contributed by atoms with Gasteiger partial charge in [-0.15, -0.1) is 0 Å². The molecular weight excluding hydrogens is 294 g/mol. The van der Waals surface area contributed by atoms with Crippen molar-refractivity contribution in [3.05, 3.63) is 35.4 Å². The average Bonchev–Trinajstić information content (AvgIpc) is 2.68. The van der Waals surface area contributed by atoms with E-state index in [9.17, 15) is 13.2 Å². The van der Waals surface area contributed by atoms with Crippen LogP contribution in [0.15, 0.2) is 24.3 Å². The van der Waals surface area contributed by atoms with Crippen LogP contribution in [-0.4, -0.2) is 37.7 Å². The van der Waals surface area contributed by atoms with Gasteiger partial charge >= 0.3 is 5.97 Å². The summed E-state index contributed by atoms with van der Waals surface area (Å²) in [6.07, 6.45) is 0.451. The highest BCUT2D eigenvalue weighted by molar-refractivity contribution is 7.88. The second-order valence-corrected chi connectivity index (χ2v) is 7.27. The molecule has 1 saturated heterocycles. The van der Waals surface area contributed by atoms with E-state index in [1.807, 2.05) is 13.8 Å². The van der Waals surface area contributed by atoms with Crippen molar-refractivity contribution in [2.24, 2.45) is 0 Å². The first-order valence-corrected chi connectivity index (χ1v) is 8.33. The molecule has 6 nitrogen and oxygen atoms in total. The number of carboxylic acid groups (broad SMARTS) is 1. The van der Waals surface area contributed by atoms with Gasteiger partial charge in [-0.3, -0.25) is 0 Å². The summed E-state index contributed by atoms with van der Waals surface area (Å²) in [4.78, 5) is 10.8. The maximum atomic E-state index is 12.2. The zero-order valence-corrected chi connectivity index (χ0v) is 12.8. The number of hydrogen-bond donors (Lipinski definition) is 2. The summed E-state index contributed by atoms with van der Waals surface area (Å²) in [6, 6.07) is 5.82. The lowest BCUT2D eigenvalue weighted by molar-refractivity contribution is 0.0697. The van der Waals surface area contributed by atoms with Crippen molar-refractivity contribution in [1.82, 2.24) is 4.72 Å². The highest BCUT2D eigenvalue weighted by Gasteiger charge is 2.40. The third-order valence-corrected chi connectivity index (χ3v) is 5.32. The number of carboxylic acids is 1. The van der Waals surface area contributed by atoms with Gasteiger partial charge in [-0.2, -0.15) is 0 Å². The molecule has 21 heavy (non-hydrogen) atoms. The van der Waals surface area contributed by atoms with Crippen molar-refractivity contribution in [2.45, 2.75) is 37.7 Å². The third kappa shape index (κ3) is 3.81. The van der Waals surface area contributed by atoms with Gasteiger partial charge in [0.25, 0.3) is 0 Å². The number of rotatable bonds is 5. The van der Waals surface area contributed by atoms with Crippen LogP contribution in [-0.2, 0) is 20.5 Å². The minimum Gasteiger partial charge on any atom is -0.478 e. The van der Waals surface area contributed by atoms with E-state index in [4.69, 9.17) is 9.84 Å². The Bertz CT molecular complexity index is 625. The van der Waals surface area contributed by atoms with Gasteiger partial charge in [0.2, 0.25) is 10.0 Å². The topological polar surface area (TPSA) is 92.7 Å². The van der Waals surface area contributed by atoms with Crippen LogP contribution in [0.5, 0.6) is 0 Å². The molecule has 2 unspecified atom stereocenters. The fourth-order valence-electron chi connectivity index (χ4n) is 2.32. The first kappa shape index (κ1) is 15.9. The molecule has 2 atom stereocenters. The highest BCUT2D eigenvalue weighted by atomic mass is 32.2. The third-order valence-electron chi connectivity index (χ3n) is 3.83. The van der Waals surface area contributed by atoms with Crippen LogP contribution in [0.2, 0.25) is 0 Å². The number of ether oxygens (including phenoxy) is 1. The lowest BCUT2D eigenvalue weighted by atomic mass is 9.97. The smallest absolute Gasteiger partial charge is 0.335 e. The summed E-state index contributed by atoms with van der Waals surface area (Å²) in [5.41, 5.74) is 0.0800. The summed E-state index contributed by atoms with van der Waals surface area (Å²) < 4.78 is 32.6. The molecule has 1 aliphatic rings. The number of sulfonamides is 1. The summed E-state index contributed by atoms with van der Waals surface area (Å²) in [6.45, 7) is 4.21. The minimum absolute atomic E-state index is 0.133. The van der Waals surface area contributed by atoms with E-state index in [2.05, 4.69) is 4.72 Å². The van der Waals surface area contributed by atoms with Gasteiger partial charge in [0.1, 0.15) is 0 Å². The molecule has 2 rings (SSSR count). The maximum absolute atomic E-state index is 12.2. The van der Waals surface area contributed by atoms with E-state index < -0.39 is 21.5 Å². The SMILES string of the molecule is CC1OCCC1(C)NS(=O)(=O)Cc1ccc(C(=O)O)cc1. The Morgan fingerprint density at radius 3 is 2.52 bits per heavy atom. The molecule has 2 N–H and O–H groups in total. The van der Waals surface area contributed by atoms with E-state index in [1.54, 1.807) is 0 Å². The van der Waals surface area contributed by atoms with Crippen molar-refractivity contribution in [1.29, 1.82) is 0 Å². The van der Waals surface area contributed by atoms with Gasteiger partial charge in [-0.05, 0) is 38.0 Å². The molecule has 1 aromatic rings. The van der Waals surface area contributed by atoms with Crippen LogP contribution in [0.1, 0.15) is 36.2 Å². The Kier molecular flexibility index (Phi) is 4.36. The molecule has 0 aromatic heterocycles. The number of aromatic carboxylic acids is 1. The molecule has 0 spiro atoms. The van der Waals surface area contributed by atoms with Crippen LogP contribution in [0.3, 0.4) is 0 Å². The second kappa shape index (κ2) is 5.75. The van der Waals surface area contributed by atoms with E-state index in [1.165, 1.54) is 24.3 Å². The first-order chi connectivity index (χ1) is 9.72. The summed E-state index contributed by atoms with van der Waals surface area (Å²) in [7, 11) is -3.52. The molecule has 0 aliphatic carbocycles. The van der Waals surface area contributed by atoms with Crippen molar-refractivity contribution >= 4 is 16.0 Å². The molecule has 0 radical (unpaired) electrons. The Hall–Kier alpha value is -1.44. The Morgan fingerprint density at radius 1 is 1.43 bits per heavy atom. The van der Waals surface area contributed by atoms with Crippen molar-refractivity contribution in [3.8, 4) is 0 Å².